The first kappa shape index (κ1) is 14.5. The second-order valence-electron chi connectivity index (χ2n) is 4.07. The number of nitrogens with zero attached hydrogens (tertiary/aromatic N) is 2. The van der Waals surface area contributed by atoms with E-state index in [0.29, 0.717) is 0 Å². The summed E-state index contributed by atoms with van der Waals surface area (Å²) in [5.74, 6) is -2.53. The van der Waals surface area contributed by atoms with Crippen molar-refractivity contribution in [1.29, 1.82) is 0 Å². The standard InChI is InChI=1S/C10H11N3O6/c1-5(14)2-7-8(10(11)15)3-6(12(16)17)4-9(7)13(18)19/h3-4,6-7H,2H2,1H3,(H2,11,15). The zero-order chi connectivity index (χ0) is 14.7. The predicted molar refractivity (Wildman–Crippen MR) is 61.9 cm³/mol. The zero-order valence-corrected chi connectivity index (χ0v) is 9.94. The van der Waals surface area contributed by atoms with Gasteiger partial charge < -0.3 is 5.73 Å². The van der Waals surface area contributed by atoms with E-state index in [9.17, 15) is 29.8 Å². The first-order valence-electron chi connectivity index (χ1n) is 5.24. The van der Waals surface area contributed by atoms with Crippen LogP contribution < -0.4 is 5.73 Å². The van der Waals surface area contributed by atoms with Crippen LogP contribution in [0.1, 0.15) is 13.3 Å². The number of carbonyl (C=O) groups excluding carboxylic acids is 2. The topological polar surface area (TPSA) is 146 Å². The largest absolute Gasteiger partial charge is 0.366 e. The highest BCUT2D eigenvalue weighted by Gasteiger charge is 2.39. The van der Waals surface area contributed by atoms with Crippen molar-refractivity contribution in [3.05, 3.63) is 43.7 Å². The second-order valence-corrected chi connectivity index (χ2v) is 4.07. The van der Waals surface area contributed by atoms with Crippen molar-refractivity contribution in [2.24, 2.45) is 11.7 Å². The molecule has 0 fully saturated rings. The van der Waals surface area contributed by atoms with Gasteiger partial charge in [0, 0.05) is 23.0 Å². The van der Waals surface area contributed by atoms with Gasteiger partial charge in [-0.2, -0.15) is 0 Å². The van der Waals surface area contributed by atoms with Crippen LogP contribution in [0.2, 0.25) is 0 Å². The van der Waals surface area contributed by atoms with Gasteiger partial charge in [0.1, 0.15) is 5.78 Å². The van der Waals surface area contributed by atoms with E-state index in [1.165, 1.54) is 6.92 Å². The van der Waals surface area contributed by atoms with Gasteiger partial charge in [-0.1, -0.05) is 0 Å². The Hall–Kier alpha value is -2.58. The number of carbonyl (C=O) groups is 2. The van der Waals surface area contributed by atoms with Crippen LogP contribution in [0.3, 0.4) is 0 Å². The minimum atomic E-state index is -1.49. The third-order valence-electron chi connectivity index (χ3n) is 2.65. The maximum absolute atomic E-state index is 11.3. The molecule has 1 aliphatic carbocycles. The highest BCUT2D eigenvalue weighted by molar-refractivity contribution is 5.94. The van der Waals surface area contributed by atoms with Gasteiger partial charge in [-0.05, 0) is 6.92 Å². The van der Waals surface area contributed by atoms with Gasteiger partial charge in [-0.3, -0.25) is 29.8 Å². The van der Waals surface area contributed by atoms with E-state index in [2.05, 4.69) is 0 Å². The van der Waals surface area contributed by atoms with E-state index in [4.69, 9.17) is 5.73 Å². The summed E-state index contributed by atoms with van der Waals surface area (Å²) < 4.78 is 0. The van der Waals surface area contributed by atoms with Gasteiger partial charge in [-0.25, -0.2) is 0 Å². The lowest BCUT2D eigenvalue weighted by Gasteiger charge is -2.19. The van der Waals surface area contributed by atoms with E-state index in [-0.39, 0.29) is 17.8 Å². The predicted octanol–water partition coefficient (Wildman–Crippen LogP) is -0.187. The van der Waals surface area contributed by atoms with Crippen LogP contribution in [0.15, 0.2) is 23.4 Å². The Balaban J connectivity index is 3.30. The molecule has 19 heavy (non-hydrogen) atoms. The summed E-state index contributed by atoms with van der Waals surface area (Å²) in [5.41, 5.74) is 4.25. The molecule has 1 rings (SSSR count). The summed E-state index contributed by atoms with van der Waals surface area (Å²) in [4.78, 5) is 42.3. The molecule has 0 aromatic rings. The van der Waals surface area contributed by atoms with Crippen LogP contribution in [-0.4, -0.2) is 27.6 Å². The molecule has 2 unspecified atom stereocenters. The van der Waals surface area contributed by atoms with Crippen molar-refractivity contribution in [3.8, 4) is 0 Å². The van der Waals surface area contributed by atoms with Gasteiger partial charge in [0.2, 0.25) is 5.91 Å². The van der Waals surface area contributed by atoms with Crippen LogP contribution in [0.25, 0.3) is 0 Å². The Bertz CT molecular complexity index is 489. The van der Waals surface area contributed by atoms with E-state index >= 15 is 0 Å². The molecular formula is C10H11N3O6. The number of rotatable bonds is 5. The highest BCUT2D eigenvalue weighted by atomic mass is 16.6. The SMILES string of the molecule is CC(=O)CC1C(C(N)=O)=CC([N+](=O)[O-])C=C1[N+](=O)[O-]. The maximum atomic E-state index is 11.3. The lowest BCUT2D eigenvalue weighted by Crippen LogP contribution is -2.32. The molecule has 0 spiro atoms. The smallest absolute Gasteiger partial charge is 0.257 e. The molecule has 0 heterocycles. The first-order chi connectivity index (χ1) is 8.73. The molecule has 1 amide bonds. The second kappa shape index (κ2) is 5.38. The number of ketones is 1. The van der Waals surface area contributed by atoms with Gasteiger partial charge in [0.05, 0.1) is 16.9 Å². The Morgan fingerprint density at radius 1 is 1.32 bits per heavy atom. The minimum absolute atomic E-state index is 0.272. The fourth-order valence-electron chi connectivity index (χ4n) is 1.86. The molecule has 2 N–H and O–H groups in total. The molecule has 0 aliphatic heterocycles. The minimum Gasteiger partial charge on any atom is -0.366 e. The van der Waals surface area contributed by atoms with E-state index < -0.39 is 33.4 Å². The fraction of sp³-hybridized carbons (Fsp3) is 0.400. The summed E-state index contributed by atoms with van der Waals surface area (Å²) in [6, 6.07) is -1.49. The van der Waals surface area contributed by atoms with Crippen molar-refractivity contribution >= 4 is 11.7 Å². The molecule has 0 aromatic carbocycles. The zero-order valence-electron chi connectivity index (χ0n) is 9.94. The normalized spacial score (nSPS) is 22.2. The average molecular weight is 269 g/mol. The van der Waals surface area contributed by atoms with Crippen molar-refractivity contribution < 1.29 is 19.4 Å². The molecule has 102 valence electrons. The van der Waals surface area contributed by atoms with Crippen molar-refractivity contribution in [1.82, 2.24) is 0 Å². The summed E-state index contributed by atoms with van der Waals surface area (Å²) >= 11 is 0. The third-order valence-corrected chi connectivity index (χ3v) is 2.65. The number of hydrogen-bond donors (Lipinski definition) is 1. The van der Waals surface area contributed by atoms with E-state index in [1.54, 1.807) is 0 Å². The van der Waals surface area contributed by atoms with Gasteiger partial charge in [-0.15, -0.1) is 0 Å². The van der Waals surface area contributed by atoms with Crippen molar-refractivity contribution in [2.75, 3.05) is 0 Å². The lowest BCUT2D eigenvalue weighted by molar-refractivity contribution is -0.501. The lowest BCUT2D eigenvalue weighted by atomic mass is 9.84. The van der Waals surface area contributed by atoms with Crippen molar-refractivity contribution in [3.63, 3.8) is 0 Å². The number of allylic oxidation sites excluding steroid dienone is 1. The number of hydrogen-bond acceptors (Lipinski definition) is 6. The molecule has 0 aromatic heterocycles. The van der Waals surface area contributed by atoms with Gasteiger partial charge in [0.25, 0.3) is 11.7 Å². The molecule has 0 saturated carbocycles. The summed E-state index contributed by atoms with van der Waals surface area (Å²) in [5, 5.41) is 21.6. The van der Waals surface area contributed by atoms with Crippen LogP contribution in [-0.2, 0) is 9.59 Å². The number of amides is 1. The highest BCUT2D eigenvalue weighted by Crippen LogP contribution is 2.30. The van der Waals surface area contributed by atoms with Gasteiger partial charge >= 0.3 is 0 Å². The molecule has 2 atom stereocenters. The van der Waals surface area contributed by atoms with Crippen LogP contribution in [0.5, 0.6) is 0 Å². The van der Waals surface area contributed by atoms with Crippen molar-refractivity contribution in [2.45, 2.75) is 19.4 Å². The summed E-state index contributed by atoms with van der Waals surface area (Å²) in [6.07, 6.45) is 1.47. The van der Waals surface area contributed by atoms with Crippen LogP contribution >= 0.6 is 0 Å². The monoisotopic (exact) mass is 269 g/mol. The molecule has 9 heteroatoms. The Morgan fingerprint density at radius 3 is 2.26 bits per heavy atom. The quantitative estimate of drug-likeness (QED) is 0.540. The third kappa shape index (κ3) is 3.21. The molecule has 9 nitrogen and oxygen atoms in total. The van der Waals surface area contributed by atoms with Crippen LogP contribution in [0.4, 0.5) is 0 Å². The Kier molecular flexibility index (Phi) is 4.10. The molecule has 0 saturated heterocycles. The Morgan fingerprint density at radius 2 is 1.89 bits per heavy atom. The first-order valence-corrected chi connectivity index (χ1v) is 5.24. The van der Waals surface area contributed by atoms with Crippen LogP contribution in [0, 0.1) is 26.1 Å². The average Bonchev–Trinajstić information content (AvgIpc) is 2.27. The molecule has 1 aliphatic rings. The number of nitro groups is 2. The summed E-state index contributed by atoms with van der Waals surface area (Å²) in [6.45, 7) is 1.20. The van der Waals surface area contributed by atoms with E-state index in [0.717, 1.165) is 12.2 Å². The molecule has 0 bridgehead atoms. The number of primary amides is 1. The summed E-state index contributed by atoms with van der Waals surface area (Å²) in [7, 11) is 0. The Labute approximate surface area is 107 Å². The van der Waals surface area contributed by atoms with E-state index in [1.807, 2.05) is 0 Å². The maximum Gasteiger partial charge on any atom is 0.257 e. The molecular weight excluding hydrogens is 258 g/mol. The van der Waals surface area contributed by atoms with Gasteiger partial charge in [0.15, 0.2) is 0 Å². The number of nitrogens with two attached hydrogens (primary N) is 1. The molecule has 0 radical (unpaired) electrons. The number of Topliss-reactive ketones (excluding diaryl/α,β-unsaturated/α-hetero) is 1. The fourth-order valence-corrected chi connectivity index (χ4v) is 1.86.